The van der Waals surface area contributed by atoms with Gasteiger partial charge in [-0.2, -0.15) is 0 Å². The Morgan fingerprint density at radius 2 is 1.76 bits per heavy atom. The number of ether oxygens (including phenoxy) is 2. The van der Waals surface area contributed by atoms with Crippen LogP contribution in [0.1, 0.15) is 70.4 Å². The van der Waals surface area contributed by atoms with Crippen molar-refractivity contribution >= 4 is 0 Å². The molecule has 4 nitrogen and oxygen atoms in total. The van der Waals surface area contributed by atoms with Gasteiger partial charge in [0.25, 0.3) is 0 Å². The maximum atomic E-state index is 10.0. The summed E-state index contributed by atoms with van der Waals surface area (Å²) in [5.41, 5.74) is 4.77. The second-order valence-electron chi connectivity index (χ2n) is 11.7. The lowest BCUT2D eigenvalue weighted by Crippen LogP contribution is -2.43. The highest BCUT2D eigenvalue weighted by Crippen LogP contribution is 2.63. The molecular weight excluding hydrogens is 458 g/mol. The minimum atomic E-state index is 0.287. The van der Waals surface area contributed by atoms with Crippen LogP contribution in [0.3, 0.4) is 0 Å². The molecular formula is C33H45NO3. The molecule has 0 aromatic heterocycles. The van der Waals surface area contributed by atoms with Crippen LogP contribution in [0.25, 0.3) is 0 Å². The van der Waals surface area contributed by atoms with Crippen molar-refractivity contribution < 1.29 is 14.6 Å². The average Bonchev–Trinajstić information content (AvgIpc) is 3.23. The van der Waals surface area contributed by atoms with Crippen molar-refractivity contribution in [3.8, 4) is 17.2 Å². The van der Waals surface area contributed by atoms with Crippen molar-refractivity contribution in [1.82, 2.24) is 4.90 Å². The minimum absolute atomic E-state index is 0.287. The van der Waals surface area contributed by atoms with E-state index in [1.807, 2.05) is 36.4 Å². The van der Waals surface area contributed by atoms with E-state index in [0.29, 0.717) is 30.8 Å². The zero-order chi connectivity index (χ0) is 26.0. The predicted octanol–water partition coefficient (Wildman–Crippen LogP) is 7.22. The maximum absolute atomic E-state index is 10.0. The van der Waals surface area contributed by atoms with Crippen LogP contribution >= 0.6 is 0 Å². The lowest BCUT2D eigenvalue weighted by Gasteiger charge is -2.52. The van der Waals surface area contributed by atoms with Crippen LogP contribution < -0.4 is 9.47 Å². The van der Waals surface area contributed by atoms with Crippen LogP contribution in [0.5, 0.6) is 17.2 Å². The Morgan fingerprint density at radius 1 is 1.03 bits per heavy atom. The first-order chi connectivity index (χ1) is 17.9. The highest BCUT2D eigenvalue weighted by molar-refractivity contribution is 5.41. The summed E-state index contributed by atoms with van der Waals surface area (Å²) in [6.45, 7) is 13.7. The van der Waals surface area contributed by atoms with Gasteiger partial charge in [-0.3, -0.25) is 0 Å². The number of phenols is 1. The second-order valence-corrected chi connectivity index (χ2v) is 11.7. The molecule has 2 aromatic rings. The van der Waals surface area contributed by atoms with Gasteiger partial charge in [0.05, 0.1) is 0 Å². The van der Waals surface area contributed by atoms with Crippen molar-refractivity contribution in [1.29, 1.82) is 0 Å². The largest absolute Gasteiger partial charge is 0.508 e. The number of nitrogens with zero attached hydrogens (tertiary/aromatic N) is 1. The van der Waals surface area contributed by atoms with Gasteiger partial charge in [-0.05, 0) is 128 Å². The van der Waals surface area contributed by atoms with Gasteiger partial charge in [0.2, 0.25) is 0 Å². The number of benzene rings is 2. The van der Waals surface area contributed by atoms with E-state index in [4.69, 9.17) is 9.47 Å². The van der Waals surface area contributed by atoms with Gasteiger partial charge >= 0.3 is 0 Å². The summed E-state index contributed by atoms with van der Waals surface area (Å²) in [5, 5.41) is 10.0. The Bertz CT molecular complexity index is 1090. The van der Waals surface area contributed by atoms with Gasteiger partial charge in [-0.15, -0.1) is 0 Å². The summed E-state index contributed by atoms with van der Waals surface area (Å²) < 4.78 is 12.1. The Hall–Kier alpha value is -2.46. The van der Waals surface area contributed by atoms with Gasteiger partial charge in [0.15, 0.2) is 0 Å². The summed E-state index contributed by atoms with van der Waals surface area (Å²) in [5.74, 6) is 4.98. The van der Waals surface area contributed by atoms with E-state index in [1.54, 1.807) is 5.57 Å². The van der Waals surface area contributed by atoms with Crippen molar-refractivity contribution in [2.24, 2.45) is 23.2 Å². The Morgan fingerprint density at radius 3 is 2.49 bits per heavy atom. The molecule has 0 spiro atoms. The fraction of sp³-hybridized carbons (Fsp3) is 0.576. The van der Waals surface area contributed by atoms with Gasteiger partial charge < -0.3 is 19.5 Å². The molecule has 200 valence electrons. The molecule has 2 aromatic carbocycles. The number of fused-ring (bicyclic) bond motifs is 5. The zero-order valence-electron chi connectivity index (χ0n) is 23.2. The number of hydrogen-bond acceptors (Lipinski definition) is 4. The van der Waals surface area contributed by atoms with E-state index < -0.39 is 0 Å². The first-order valence-corrected chi connectivity index (χ1v) is 14.5. The third kappa shape index (κ3) is 5.27. The number of hydrogen-bond donors (Lipinski definition) is 1. The third-order valence-corrected chi connectivity index (χ3v) is 9.88. The summed E-state index contributed by atoms with van der Waals surface area (Å²) in [4.78, 5) is 2.37. The number of likely N-dealkylation sites (N-methyl/N-ethyl adjacent to an activating group) is 1. The summed E-state index contributed by atoms with van der Waals surface area (Å²) in [6.07, 6.45) is 8.46. The number of allylic oxidation sites excluding steroid dienone is 1. The topological polar surface area (TPSA) is 41.9 Å². The van der Waals surface area contributed by atoms with Gasteiger partial charge in [-0.1, -0.05) is 39.3 Å². The molecule has 3 aliphatic carbocycles. The molecule has 0 aliphatic heterocycles. The van der Waals surface area contributed by atoms with E-state index >= 15 is 0 Å². The van der Waals surface area contributed by atoms with Crippen LogP contribution in [0.2, 0.25) is 0 Å². The lowest BCUT2D eigenvalue weighted by atomic mass is 9.52. The first-order valence-electron chi connectivity index (χ1n) is 14.5. The Balaban J connectivity index is 1.19. The normalized spacial score (nSPS) is 29.6. The zero-order valence-corrected chi connectivity index (χ0v) is 23.2. The number of aromatic hydroxyl groups is 1. The molecule has 0 saturated heterocycles. The summed E-state index contributed by atoms with van der Waals surface area (Å²) in [6, 6.07) is 14.2. The van der Waals surface area contributed by atoms with Crippen molar-refractivity contribution in [3.05, 3.63) is 65.2 Å². The Labute approximate surface area is 223 Å². The SMILES string of the molecule is CCN(CC)CCOc1ccc(OC/C=C2\CCC3C4C(C)Cc5cc(O)ccc5C4CCC23C)cc1. The van der Waals surface area contributed by atoms with Crippen LogP contribution in [-0.4, -0.2) is 42.9 Å². The third-order valence-electron chi connectivity index (χ3n) is 9.88. The number of phenolic OH excluding ortho intramolecular Hbond substituents is 1. The smallest absolute Gasteiger partial charge is 0.120 e. The van der Waals surface area contributed by atoms with Crippen LogP contribution in [0.4, 0.5) is 0 Å². The van der Waals surface area contributed by atoms with Crippen LogP contribution in [0, 0.1) is 23.2 Å². The van der Waals surface area contributed by atoms with E-state index in [-0.39, 0.29) is 5.41 Å². The molecule has 2 fully saturated rings. The molecule has 5 rings (SSSR count). The highest BCUT2D eigenvalue weighted by Gasteiger charge is 2.54. The highest BCUT2D eigenvalue weighted by atomic mass is 16.5. The van der Waals surface area contributed by atoms with E-state index in [9.17, 15) is 5.11 Å². The van der Waals surface area contributed by atoms with Gasteiger partial charge in [-0.25, -0.2) is 0 Å². The van der Waals surface area contributed by atoms with Crippen molar-refractivity contribution in [2.45, 2.75) is 65.7 Å². The fourth-order valence-electron chi connectivity index (χ4n) is 7.85. The predicted molar refractivity (Wildman–Crippen MR) is 151 cm³/mol. The summed E-state index contributed by atoms with van der Waals surface area (Å²) in [7, 11) is 0. The second kappa shape index (κ2) is 11.1. The first kappa shape index (κ1) is 26.2. The average molecular weight is 504 g/mol. The summed E-state index contributed by atoms with van der Waals surface area (Å²) >= 11 is 0. The molecule has 0 bridgehead atoms. The van der Waals surface area contributed by atoms with Crippen LogP contribution in [0.15, 0.2) is 54.1 Å². The molecule has 3 aliphatic rings. The molecule has 1 N–H and O–H groups in total. The molecule has 5 atom stereocenters. The molecule has 0 radical (unpaired) electrons. The monoisotopic (exact) mass is 503 g/mol. The standard InChI is InChI=1S/C33H45NO3/c1-5-34(6-2)18-20-37-28-11-9-27(10-12-28)36-19-16-25-7-14-31-32-23(3)21-24-22-26(35)8-13-29(24)30(32)15-17-33(25,31)4/h8-13,16,22-23,30-32,35H,5-7,14-15,17-21H2,1-4H3/b25-16+. The van der Waals surface area contributed by atoms with Crippen LogP contribution in [-0.2, 0) is 6.42 Å². The molecule has 5 unspecified atom stereocenters. The van der Waals surface area contributed by atoms with E-state index in [0.717, 1.165) is 49.4 Å². The molecule has 4 heteroatoms. The molecule has 37 heavy (non-hydrogen) atoms. The lowest BCUT2D eigenvalue weighted by molar-refractivity contribution is 0.0488. The van der Waals surface area contributed by atoms with E-state index in [1.165, 1.54) is 36.8 Å². The Kier molecular flexibility index (Phi) is 7.85. The van der Waals surface area contributed by atoms with Crippen molar-refractivity contribution in [3.63, 3.8) is 0 Å². The van der Waals surface area contributed by atoms with E-state index in [2.05, 4.69) is 44.7 Å². The quantitative estimate of drug-likeness (QED) is 0.367. The molecule has 2 saturated carbocycles. The maximum Gasteiger partial charge on any atom is 0.120 e. The molecule has 0 amide bonds. The number of rotatable bonds is 9. The fourth-order valence-corrected chi connectivity index (χ4v) is 7.85. The van der Waals surface area contributed by atoms with Crippen molar-refractivity contribution in [2.75, 3.05) is 32.8 Å². The minimum Gasteiger partial charge on any atom is -0.508 e. The van der Waals surface area contributed by atoms with Gasteiger partial charge in [0, 0.05) is 6.54 Å². The molecule has 0 heterocycles. The van der Waals surface area contributed by atoms with Gasteiger partial charge in [0.1, 0.15) is 30.5 Å².